The van der Waals surface area contributed by atoms with Gasteiger partial charge in [-0.15, -0.1) is 0 Å². The second kappa shape index (κ2) is 5.45. The summed E-state index contributed by atoms with van der Waals surface area (Å²) in [4.78, 5) is 11.2. The molecule has 1 atom stereocenters. The molecule has 0 saturated heterocycles. The zero-order valence-corrected chi connectivity index (χ0v) is 11.4. The van der Waals surface area contributed by atoms with Crippen LogP contribution in [0.2, 0.25) is 5.02 Å². The van der Waals surface area contributed by atoms with E-state index >= 15 is 0 Å². The van der Waals surface area contributed by atoms with Gasteiger partial charge in [-0.1, -0.05) is 11.6 Å². The maximum Gasteiger partial charge on any atom is 0.325 e. The van der Waals surface area contributed by atoms with E-state index in [1.165, 1.54) is 25.1 Å². The van der Waals surface area contributed by atoms with Crippen molar-refractivity contribution in [3.05, 3.63) is 23.2 Å². The highest BCUT2D eigenvalue weighted by Crippen LogP contribution is 2.25. The lowest BCUT2D eigenvalue weighted by molar-refractivity contribution is -0.139. The zero-order chi connectivity index (χ0) is 13.9. The van der Waals surface area contributed by atoms with Crippen molar-refractivity contribution >= 4 is 39.0 Å². The van der Waals surface area contributed by atoms with Crippen LogP contribution in [-0.4, -0.2) is 26.7 Å². The molecule has 0 heterocycles. The topological polar surface area (TPSA) is 98.5 Å². The molecule has 0 aliphatic heterocycles. The Morgan fingerprint density at radius 2 is 2.11 bits per heavy atom. The Balaban J connectivity index is 3.02. The monoisotopic (exact) mass is 292 g/mol. The van der Waals surface area contributed by atoms with Crippen LogP contribution in [0.15, 0.2) is 18.2 Å². The van der Waals surface area contributed by atoms with E-state index in [1.54, 1.807) is 0 Å². The SMILES string of the molecule is COC(=O)C(C)S(=O)(=O)Nc1cc(N)ccc1Cl. The van der Waals surface area contributed by atoms with Gasteiger partial charge in [0.25, 0.3) is 0 Å². The van der Waals surface area contributed by atoms with Gasteiger partial charge in [0, 0.05) is 5.69 Å². The Kier molecular flexibility index (Phi) is 4.42. The molecule has 1 unspecified atom stereocenters. The molecule has 1 rings (SSSR count). The number of nitrogens with one attached hydrogen (secondary N) is 1. The maximum atomic E-state index is 11.9. The van der Waals surface area contributed by atoms with E-state index in [2.05, 4.69) is 9.46 Å². The van der Waals surface area contributed by atoms with Gasteiger partial charge in [0.2, 0.25) is 10.0 Å². The number of methoxy groups -OCH3 is 1. The molecule has 18 heavy (non-hydrogen) atoms. The molecule has 100 valence electrons. The lowest BCUT2D eigenvalue weighted by Gasteiger charge is -2.14. The fourth-order valence-electron chi connectivity index (χ4n) is 1.16. The molecule has 3 N–H and O–H groups in total. The van der Waals surface area contributed by atoms with Crippen molar-refractivity contribution < 1.29 is 17.9 Å². The summed E-state index contributed by atoms with van der Waals surface area (Å²) in [6.07, 6.45) is 0. The van der Waals surface area contributed by atoms with Gasteiger partial charge in [0.1, 0.15) is 0 Å². The zero-order valence-electron chi connectivity index (χ0n) is 9.81. The van der Waals surface area contributed by atoms with Crippen LogP contribution in [0.4, 0.5) is 11.4 Å². The number of anilines is 2. The van der Waals surface area contributed by atoms with Crippen molar-refractivity contribution in [2.45, 2.75) is 12.2 Å². The van der Waals surface area contributed by atoms with E-state index in [1.807, 2.05) is 0 Å². The minimum atomic E-state index is -3.93. The molecule has 8 heteroatoms. The second-order valence-electron chi connectivity index (χ2n) is 3.55. The van der Waals surface area contributed by atoms with Crippen LogP contribution in [0.3, 0.4) is 0 Å². The van der Waals surface area contributed by atoms with Gasteiger partial charge in [-0.3, -0.25) is 9.52 Å². The maximum absolute atomic E-state index is 11.9. The minimum absolute atomic E-state index is 0.118. The highest BCUT2D eigenvalue weighted by Gasteiger charge is 2.29. The van der Waals surface area contributed by atoms with Gasteiger partial charge in [0.15, 0.2) is 5.25 Å². The molecule has 6 nitrogen and oxygen atoms in total. The third kappa shape index (κ3) is 3.27. The summed E-state index contributed by atoms with van der Waals surface area (Å²) in [6, 6.07) is 4.35. The van der Waals surface area contributed by atoms with E-state index < -0.39 is 21.2 Å². The molecule has 0 bridgehead atoms. The van der Waals surface area contributed by atoms with Crippen molar-refractivity contribution in [1.29, 1.82) is 0 Å². The van der Waals surface area contributed by atoms with Crippen LogP contribution in [0, 0.1) is 0 Å². The lowest BCUT2D eigenvalue weighted by Crippen LogP contribution is -2.33. The lowest BCUT2D eigenvalue weighted by atomic mass is 10.3. The van der Waals surface area contributed by atoms with Crippen LogP contribution in [-0.2, 0) is 19.6 Å². The Hall–Kier alpha value is -1.47. The van der Waals surface area contributed by atoms with Gasteiger partial charge in [0.05, 0.1) is 17.8 Å². The summed E-state index contributed by atoms with van der Waals surface area (Å²) in [5.74, 6) is -0.859. The van der Waals surface area contributed by atoms with E-state index in [4.69, 9.17) is 17.3 Å². The molecule has 0 amide bonds. The Morgan fingerprint density at radius 1 is 1.50 bits per heavy atom. The van der Waals surface area contributed by atoms with Crippen LogP contribution >= 0.6 is 11.6 Å². The smallest absolute Gasteiger partial charge is 0.325 e. The number of rotatable bonds is 4. The highest BCUT2D eigenvalue weighted by atomic mass is 35.5. The summed E-state index contributed by atoms with van der Waals surface area (Å²) in [7, 11) is -2.82. The minimum Gasteiger partial charge on any atom is -0.468 e. The van der Waals surface area contributed by atoms with Crippen LogP contribution in [0.1, 0.15) is 6.92 Å². The van der Waals surface area contributed by atoms with Crippen LogP contribution < -0.4 is 10.5 Å². The average Bonchev–Trinajstić information content (AvgIpc) is 2.31. The molecule has 0 spiro atoms. The number of nitrogen functional groups attached to an aromatic ring is 1. The van der Waals surface area contributed by atoms with E-state index in [0.717, 1.165) is 7.11 Å². The molecule has 0 aromatic heterocycles. The molecule has 0 saturated carbocycles. The van der Waals surface area contributed by atoms with Crippen molar-refractivity contribution in [2.24, 2.45) is 0 Å². The predicted octanol–water partition coefficient (Wildman–Crippen LogP) is 1.23. The first-order valence-corrected chi connectivity index (χ1v) is 6.85. The third-order valence-corrected chi connectivity index (χ3v) is 4.20. The van der Waals surface area contributed by atoms with E-state index in [-0.39, 0.29) is 10.7 Å². The first-order chi connectivity index (χ1) is 8.27. The molecule has 0 aliphatic carbocycles. The molecule has 0 fully saturated rings. The molecule has 1 aromatic rings. The summed E-state index contributed by atoms with van der Waals surface area (Å²) >= 11 is 5.82. The van der Waals surface area contributed by atoms with Crippen molar-refractivity contribution in [2.75, 3.05) is 17.6 Å². The van der Waals surface area contributed by atoms with Crippen LogP contribution in [0.25, 0.3) is 0 Å². The molecule has 1 aromatic carbocycles. The number of hydrogen-bond donors (Lipinski definition) is 2. The second-order valence-corrected chi connectivity index (χ2v) is 5.96. The number of nitrogens with two attached hydrogens (primary N) is 1. The highest BCUT2D eigenvalue weighted by molar-refractivity contribution is 7.94. The number of ether oxygens (including phenoxy) is 1. The quantitative estimate of drug-likeness (QED) is 0.642. The summed E-state index contributed by atoms with van der Waals surface area (Å²) < 4.78 is 30.3. The largest absolute Gasteiger partial charge is 0.468 e. The molecule has 0 aliphatic rings. The van der Waals surface area contributed by atoms with E-state index in [0.29, 0.717) is 5.69 Å². The fourth-order valence-corrected chi connectivity index (χ4v) is 2.38. The molecule has 0 radical (unpaired) electrons. The van der Waals surface area contributed by atoms with Crippen molar-refractivity contribution in [1.82, 2.24) is 0 Å². The first kappa shape index (κ1) is 14.6. The Bertz CT molecular complexity index is 559. The fraction of sp³-hybridized carbons (Fsp3) is 0.300. The number of carbonyl (C=O) groups is 1. The van der Waals surface area contributed by atoms with Gasteiger partial charge < -0.3 is 10.5 Å². The normalized spacial score (nSPS) is 12.8. The average molecular weight is 293 g/mol. The summed E-state index contributed by atoms with van der Waals surface area (Å²) in [5, 5.41) is -1.16. The summed E-state index contributed by atoms with van der Waals surface area (Å²) in [5.41, 5.74) is 5.99. The van der Waals surface area contributed by atoms with Gasteiger partial charge in [-0.2, -0.15) is 0 Å². The summed E-state index contributed by atoms with van der Waals surface area (Å²) in [6.45, 7) is 1.22. The number of carbonyl (C=O) groups excluding carboxylic acids is 1. The predicted molar refractivity (Wildman–Crippen MR) is 69.9 cm³/mol. The molecular weight excluding hydrogens is 280 g/mol. The number of sulfonamides is 1. The Labute approximate surface area is 110 Å². The third-order valence-electron chi connectivity index (χ3n) is 2.24. The van der Waals surface area contributed by atoms with Gasteiger partial charge >= 0.3 is 5.97 Å². The standard InChI is InChI=1S/C10H13ClN2O4S/c1-6(10(14)17-2)18(15,16)13-9-5-7(12)3-4-8(9)11/h3-6,13H,12H2,1-2H3. The molecular formula is C10H13ClN2O4S. The van der Waals surface area contributed by atoms with Gasteiger partial charge in [-0.25, -0.2) is 8.42 Å². The van der Waals surface area contributed by atoms with Crippen molar-refractivity contribution in [3.63, 3.8) is 0 Å². The number of benzene rings is 1. The first-order valence-electron chi connectivity index (χ1n) is 4.92. The van der Waals surface area contributed by atoms with Crippen molar-refractivity contribution in [3.8, 4) is 0 Å². The number of esters is 1. The van der Waals surface area contributed by atoms with E-state index in [9.17, 15) is 13.2 Å². The Morgan fingerprint density at radius 3 is 2.67 bits per heavy atom. The van der Waals surface area contributed by atoms with Gasteiger partial charge in [-0.05, 0) is 25.1 Å². The van der Waals surface area contributed by atoms with Crippen LogP contribution in [0.5, 0.6) is 0 Å². The number of halogens is 1. The number of hydrogen-bond acceptors (Lipinski definition) is 5.